The molecule has 1 aromatic rings. The third-order valence-corrected chi connectivity index (χ3v) is 2.77. The van der Waals surface area contributed by atoms with Gasteiger partial charge in [-0.15, -0.1) is 0 Å². The maximum absolute atomic E-state index is 10.5. The van der Waals surface area contributed by atoms with E-state index in [9.17, 15) is 9.59 Å². The highest BCUT2D eigenvalue weighted by atomic mass is 16.7. The minimum absolute atomic E-state index is 0.231. The first kappa shape index (κ1) is 29.4. The van der Waals surface area contributed by atoms with Crippen molar-refractivity contribution in [2.75, 3.05) is 26.2 Å². The van der Waals surface area contributed by atoms with Crippen LogP contribution in [0.15, 0.2) is 30.6 Å². The predicted octanol–water partition coefficient (Wildman–Crippen LogP) is 4.31. The normalized spacial score (nSPS) is 8.48. The Kier molecular flexibility index (Phi) is 28.2. The van der Waals surface area contributed by atoms with Gasteiger partial charge in [-0.2, -0.15) is 0 Å². The first-order valence-corrected chi connectivity index (χ1v) is 9.29. The molecule has 1 rings (SSSR count). The number of carbonyl (C=O) groups is 2. The number of nitrogens with two attached hydrogens (primary N) is 1. The number of nitrogens with zero attached hydrogens (tertiary/aromatic N) is 2. The predicted molar refractivity (Wildman–Crippen MR) is 108 cm³/mol. The van der Waals surface area contributed by atoms with Crippen molar-refractivity contribution in [1.82, 2.24) is 9.88 Å². The second kappa shape index (κ2) is 25.9. The molecule has 4 N–H and O–H groups in total. The summed E-state index contributed by atoms with van der Waals surface area (Å²) in [5, 5.41) is 16.3. The van der Waals surface area contributed by atoms with E-state index in [1.54, 1.807) is 19.3 Å². The van der Waals surface area contributed by atoms with Crippen LogP contribution in [0.2, 0.25) is 0 Å². The molecule has 0 saturated heterocycles. The minimum atomic E-state index is -1.21. The number of rotatable bonds is 7. The molecule has 0 aromatic carbocycles. The molecular formula is C19H37N3O5. The molecular weight excluding hydrogens is 350 g/mol. The van der Waals surface area contributed by atoms with E-state index < -0.39 is 12.2 Å². The fraction of sp³-hybridized carbons (Fsp3) is 0.632. The second-order valence-electron chi connectivity index (χ2n) is 5.05. The fourth-order valence-electron chi connectivity index (χ4n) is 1.55. The highest BCUT2D eigenvalue weighted by molar-refractivity contribution is 5.64. The van der Waals surface area contributed by atoms with Crippen LogP contribution in [-0.2, 0) is 4.74 Å². The van der Waals surface area contributed by atoms with E-state index in [-0.39, 0.29) is 6.61 Å². The number of unbranched alkanes of at least 4 members (excludes halogenated alkanes) is 3. The number of pyridine rings is 1. The molecule has 8 heteroatoms. The molecule has 0 aliphatic rings. The summed E-state index contributed by atoms with van der Waals surface area (Å²) >= 11 is 0. The van der Waals surface area contributed by atoms with E-state index in [1.807, 2.05) is 32.0 Å². The number of hydrogen-bond donors (Lipinski definition) is 3. The van der Waals surface area contributed by atoms with Gasteiger partial charge < -0.3 is 25.6 Å². The van der Waals surface area contributed by atoms with Crippen LogP contribution in [0.3, 0.4) is 0 Å². The standard InChI is InChI=1S/C9H19NO2.C5H5N.C3H6O3.C2H7N/c1-3-5-6-7-8-10(4-2)9(11)12;1-2-4-6-5-3-1;1-2-6-3(4)5;1-2-3/h3-8H2,1-2H3,(H,11,12);1-5H;2H2,1H3,(H,4,5);2-3H2,1H3. The summed E-state index contributed by atoms with van der Waals surface area (Å²) in [6.45, 7) is 9.81. The highest BCUT2D eigenvalue weighted by Crippen LogP contribution is 2.01. The van der Waals surface area contributed by atoms with Crippen LogP contribution in [0.1, 0.15) is 53.4 Å². The van der Waals surface area contributed by atoms with Crippen molar-refractivity contribution >= 4 is 12.2 Å². The number of hydrogen-bond acceptors (Lipinski definition) is 5. The molecule has 0 bridgehead atoms. The van der Waals surface area contributed by atoms with E-state index in [0.717, 1.165) is 19.4 Å². The first-order chi connectivity index (χ1) is 12.9. The van der Waals surface area contributed by atoms with Crippen LogP contribution in [0, 0.1) is 0 Å². The Morgan fingerprint density at radius 2 is 1.56 bits per heavy atom. The van der Waals surface area contributed by atoms with Gasteiger partial charge in [0.2, 0.25) is 0 Å². The van der Waals surface area contributed by atoms with Gasteiger partial charge in [-0.25, -0.2) is 9.59 Å². The second-order valence-corrected chi connectivity index (χ2v) is 5.05. The summed E-state index contributed by atoms with van der Waals surface area (Å²) in [5.41, 5.74) is 4.85. The fourth-order valence-corrected chi connectivity index (χ4v) is 1.55. The molecule has 0 saturated carbocycles. The van der Waals surface area contributed by atoms with Crippen molar-refractivity contribution in [3.63, 3.8) is 0 Å². The number of ether oxygens (including phenoxy) is 1. The number of amides is 1. The van der Waals surface area contributed by atoms with Crippen LogP contribution in [0.25, 0.3) is 0 Å². The van der Waals surface area contributed by atoms with Crippen LogP contribution in [0.5, 0.6) is 0 Å². The lowest BCUT2D eigenvalue weighted by Crippen LogP contribution is -2.29. The van der Waals surface area contributed by atoms with Crippen molar-refractivity contribution < 1.29 is 24.5 Å². The Bertz CT molecular complexity index is 392. The monoisotopic (exact) mass is 387 g/mol. The van der Waals surface area contributed by atoms with Gasteiger partial charge in [-0.1, -0.05) is 39.2 Å². The lowest BCUT2D eigenvalue weighted by Gasteiger charge is -2.16. The average molecular weight is 388 g/mol. The molecule has 1 aromatic heterocycles. The van der Waals surface area contributed by atoms with E-state index >= 15 is 0 Å². The molecule has 0 aliphatic carbocycles. The largest absolute Gasteiger partial charge is 0.505 e. The summed E-state index contributed by atoms with van der Waals surface area (Å²) in [6, 6.07) is 5.72. The van der Waals surface area contributed by atoms with Crippen LogP contribution in [-0.4, -0.2) is 58.6 Å². The first-order valence-electron chi connectivity index (χ1n) is 9.29. The number of carboxylic acid groups (broad SMARTS) is 2. The zero-order valence-corrected chi connectivity index (χ0v) is 17.1. The van der Waals surface area contributed by atoms with Gasteiger partial charge in [0, 0.05) is 25.5 Å². The molecule has 8 nitrogen and oxygen atoms in total. The van der Waals surface area contributed by atoms with Crippen molar-refractivity contribution in [3.8, 4) is 0 Å². The van der Waals surface area contributed by atoms with Gasteiger partial charge in [-0.3, -0.25) is 4.98 Å². The SMILES string of the molecule is CCCCCCN(CC)C(=O)O.CCN.CCOC(=O)O.c1ccncc1. The topological polar surface area (TPSA) is 126 Å². The number of aromatic nitrogens is 1. The molecule has 0 spiro atoms. The molecule has 0 radical (unpaired) electrons. The van der Waals surface area contributed by atoms with Gasteiger partial charge >= 0.3 is 12.2 Å². The molecule has 27 heavy (non-hydrogen) atoms. The molecule has 158 valence electrons. The summed E-state index contributed by atoms with van der Waals surface area (Å²) in [5.74, 6) is 0. The Morgan fingerprint density at radius 3 is 1.78 bits per heavy atom. The Morgan fingerprint density at radius 1 is 1.00 bits per heavy atom. The molecule has 1 amide bonds. The lowest BCUT2D eigenvalue weighted by molar-refractivity contribution is 0.0966. The van der Waals surface area contributed by atoms with Crippen LogP contribution in [0.4, 0.5) is 9.59 Å². The minimum Gasteiger partial charge on any atom is -0.465 e. The maximum atomic E-state index is 10.5. The average Bonchev–Trinajstić information content (AvgIpc) is 2.64. The van der Waals surface area contributed by atoms with E-state index in [1.165, 1.54) is 17.7 Å². The van der Waals surface area contributed by atoms with Crippen molar-refractivity contribution in [2.24, 2.45) is 5.73 Å². The van der Waals surface area contributed by atoms with E-state index in [2.05, 4.69) is 16.6 Å². The van der Waals surface area contributed by atoms with Crippen molar-refractivity contribution in [3.05, 3.63) is 30.6 Å². The van der Waals surface area contributed by atoms with E-state index in [4.69, 9.17) is 15.9 Å². The maximum Gasteiger partial charge on any atom is 0.505 e. The highest BCUT2D eigenvalue weighted by Gasteiger charge is 2.06. The Labute approximate surface area is 163 Å². The molecule has 0 aliphatic heterocycles. The summed E-state index contributed by atoms with van der Waals surface area (Å²) in [7, 11) is 0. The van der Waals surface area contributed by atoms with Crippen molar-refractivity contribution in [1.29, 1.82) is 0 Å². The van der Waals surface area contributed by atoms with Gasteiger partial charge in [0.15, 0.2) is 0 Å². The van der Waals surface area contributed by atoms with Crippen molar-refractivity contribution in [2.45, 2.75) is 53.4 Å². The smallest absolute Gasteiger partial charge is 0.465 e. The quantitative estimate of drug-likeness (QED) is 0.470. The van der Waals surface area contributed by atoms with Gasteiger partial charge in [0.25, 0.3) is 0 Å². The summed E-state index contributed by atoms with van der Waals surface area (Å²) < 4.78 is 3.96. The molecule has 0 fully saturated rings. The van der Waals surface area contributed by atoms with E-state index in [0.29, 0.717) is 13.1 Å². The molecule has 1 heterocycles. The van der Waals surface area contributed by atoms with Gasteiger partial charge in [0.05, 0.1) is 6.61 Å². The van der Waals surface area contributed by atoms with Crippen LogP contribution < -0.4 is 5.73 Å². The summed E-state index contributed by atoms with van der Waals surface area (Å²) in [4.78, 5) is 25.1. The summed E-state index contributed by atoms with van der Waals surface area (Å²) in [6.07, 6.45) is 6.02. The molecule has 0 unspecified atom stereocenters. The van der Waals surface area contributed by atoms with Gasteiger partial charge in [0.1, 0.15) is 0 Å². The lowest BCUT2D eigenvalue weighted by atomic mass is 10.2. The molecule has 0 atom stereocenters. The Hall–Kier alpha value is -2.35. The van der Waals surface area contributed by atoms with Gasteiger partial charge in [-0.05, 0) is 38.9 Å². The Balaban J connectivity index is -0.000000322. The van der Waals surface area contributed by atoms with Crippen LogP contribution >= 0.6 is 0 Å². The zero-order valence-electron chi connectivity index (χ0n) is 17.1. The third-order valence-electron chi connectivity index (χ3n) is 2.77. The third kappa shape index (κ3) is 31.9. The zero-order chi connectivity index (χ0) is 21.3.